The topological polar surface area (TPSA) is 52.0 Å². The molecule has 0 aliphatic carbocycles. The normalized spacial score (nSPS) is 10.9. The Kier molecular flexibility index (Phi) is 7.16. The molecule has 31 heavy (non-hydrogen) atoms. The van der Waals surface area contributed by atoms with Gasteiger partial charge in [-0.25, -0.2) is 4.39 Å². The fourth-order valence-corrected chi connectivity index (χ4v) is 4.88. The largest absolute Gasteiger partial charge is 0.495 e. The van der Waals surface area contributed by atoms with Crippen LogP contribution in [0, 0.1) is 5.82 Å². The number of nitrogens with one attached hydrogen (secondary N) is 1. The van der Waals surface area contributed by atoms with Gasteiger partial charge in [0.25, 0.3) is 0 Å². The van der Waals surface area contributed by atoms with Crippen molar-refractivity contribution in [2.24, 2.45) is 0 Å². The summed E-state index contributed by atoms with van der Waals surface area (Å²) in [6.07, 6.45) is 2.86. The van der Waals surface area contributed by atoms with E-state index in [-0.39, 0.29) is 5.82 Å². The van der Waals surface area contributed by atoms with E-state index >= 15 is 0 Å². The van der Waals surface area contributed by atoms with Crippen LogP contribution in [0.1, 0.15) is 5.56 Å². The predicted molar refractivity (Wildman–Crippen MR) is 129 cm³/mol. The number of aryl methyl sites for hydroxylation is 1. The van der Waals surface area contributed by atoms with Gasteiger partial charge in [-0.1, -0.05) is 18.2 Å². The number of hydrogen-bond acceptors (Lipinski definition) is 7. The third-order valence-corrected chi connectivity index (χ3v) is 6.93. The van der Waals surface area contributed by atoms with Gasteiger partial charge in [0.2, 0.25) is 5.95 Å². The molecule has 1 N–H and O–H groups in total. The molecule has 0 spiro atoms. The Morgan fingerprint density at radius 1 is 1.13 bits per heavy atom. The van der Waals surface area contributed by atoms with Crippen LogP contribution in [0.25, 0.3) is 16.4 Å². The van der Waals surface area contributed by atoms with Gasteiger partial charge in [0.05, 0.1) is 17.7 Å². The molecular formula is C22H21FN4OS3. The number of benzene rings is 2. The molecule has 0 aliphatic rings. The zero-order chi connectivity index (χ0) is 21.6. The average molecular weight is 473 g/mol. The van der Waals surface area contributed by atoms with Crippen molar-refractivity contribution < 1.29 is 9.13 Å². The summed E-state index contributed by atoms with van der Waals surface area (Å²) < 4.78 is 24.1. The first-order valence-electron chi connectivity index (χ1n) is 9.53. The van der Waals surface area contributed by atoms with Crippen molar-refractivity contribution in [3.8, 4) is 22.1 Å². The van der Waals surface area contributed by atoms with E-state index in [0.717, 1.165) is 44.8 Å². The van der Waals surface area contributed by atoms with E-state index in [1.165, 1.54) is 24.1 Å². The summed E-state index contributed by atoms with van der Waals surface area (Å²) in [4.78, 5) is 2.14. The molecule has 0 atom stereocenters. The molecule has 2 aromatic heterocycles. The fourth-order valence-electron chi connectivity index (χ4n) is 3.05. The first-order valence-corrected chi connectivity index (χ1v) is 12.6. The van der Waals surface area contributed by atoms with Crippen molar-refractivity contribution in [2.75, 3.05) is 23.8 Å². The number of anilines is 1. The number of hydrogen-bond donors (Lipinski definition) is 1. The standard InChI is InChI=1S/C22H21FN4OS3/c1-28-19-10-9-17(29-2)14-18(19)27-21(20-4-3-12-30-20)24-25-22(27)26-31-13-11-15-5-7-16(23)8-6-15/h3-10,12,14H,11,13H2,1-2H3,(H,25,26). The lowest BCUT2D eigenvalue weighted by molar-refractivity contribution is 0.412. The lowest BCUT2D eigenvalue weighted by atomic mass is 10.2. The summed E-state index contributed by atoms with van der Waals surface area (Å²) in [5.74, 6) is 2.71. The molecule has 0 aliphatic heterocycles. The van der Waals surface area contributed by atoms with E-state index in [1.54, 1.807) is 30.2 Å². The lowest BCUT2D eigenvalue weighted by Gasteiger charge is -2.15. The SMILES string of the molecule is COc1ccc(SC)cc1-n1c(NSCCc2ccc(F)cc2)nnc1-c1cccs1. The second-order valence-electron chi connectivity index (χ2n) is 6.52. The van der Waals surface area contributed by atoms with Crippen molar-refractivity contribution in [2.45, 2.75) is 11.3 Å². The summed E-state index contributed by atoms with van der Waals surface area (Å²) >= 11 is 4.82. The van der Waals surface area contributed by atoms with Crippen LogP contribution >= 0.6 is 35.0 Å². The highest BCUT2D eigenvalue weighted by atomic mass is 32.2. The van der Waals surface area contributed by atoms with Crippen LogP contribution in [0.5, 0.6) is 5.75 Å². The van der Waals surface area contributed by atoms with Gasteiger partial charge < -0.3 is 4.74 Å². The van der Waals surface area contributed by atoms with E-state index < -0.39 is 0 Å². The molecule has 0 saturated heterocycles. The third kappa shape index (κ3) is 5.06. The number of rotatable bonds is 9. The highest BCUT2D eigenvalue weighted by Crippen LogP contribution is 2.35. The molecule has 160 valence electrons. The number of thiophene rings is 1. The Balaban J connectivity index is 1.61. The van der Waals surface area contributed by atoms with Gasteiger partial charge in [0.15, 0.2) is 5.82 Å². The number of aromatic nitrogens is 3. The average Bonchev–Trinajstić information content (AvgIpc) is 3.47. The Morgan fingerprint density at radius 2 is 1.97 bits per heavy atom. The highest BCUT2D eigenvalue weighted by molar-refractivity contribution is 8.00. The quantitative estimate of drug-likeness (QED) is 0.179. The van der Waals surface area contributed by atoms with Gasteiger partial charge in [-0.2, -0.15) is 0 Å². The summed E-state index contributed by atoms with van der Waals surface area (Å²) in [5.41, 5.74) is 1.97. The first-order chi connectivity index (χ1) is 15.2. The monoisotopic (exact) mass is 472 g/mol. The number of thioether (sulfide) groups is 1. The molecule has 0 fully saturated rings. The van der Waals surface area contributed by atoms with Crippen LogP contribution in [0.2, 0.25) is 0 Å². The molecule has 4 rings (SSSR count). The molecule has 0 unspecified atom stereocenters. The molecule has 0 amide bonds. The molecule has 2 aromatic carbocycles. The Morgan fingerprint density at radius 3 is 2.68 bits per heavy atom. The maximum absolute atomic E-state index is 13.1. The minimum Gasteiger partial charge on any atom is -0.495 e. The van der Waals surface area contributed by atoms with Gasteiger partial charge in [0.1, 0.15) is 11.6 Å². The summed E-state index contributed by atoms with van der Waals surface area (Å²) in [6, 6.07) is 16.7. The minimum absolute atomic E-state index is 0.217. The third-order valence-electron chi connectivity index (χ3n) is 4.60. The minimum atomic E-state index is -0.217. The van der Waals surface area contributed by atoms with Crippen molar-refractivity contribution in [3.63, 3.8) is 0 Å². The van der Waals surface area contributed by atoms with Crippen LogP contribution in [-0.2, 0) is 6.42 Å². The van der Waals surface area contributed by atoms with Crippen molar-refractivity contribution >= 4 is 41.0 Å². The maximum atomic E-state index is 13.1. The first kappa shape index (κ1) is 21.7. The number of nitrogens with zero attached hydrogens (tertiary/aromatic N) is 3. The van der Waals surface area contributed by atoms with Gasteiger partial charge in [0, 0.05) is 10.6 Å². The highest BCUT2D eigenvalue weighted by Gasteiger charge is 2.20. The van der Waals surface area contributed by atoms with Gasteiger partial charge >= 0.3 is 0 Å². The van der Waals surface area contributed by atoms with E-state index in [4.69, 9.17) is 4.74 Å². The molecule has 9 heteroatoms. The Labute approximate surface area is 193 Å². The van der Waals surface area contributed by atoms with Crippen LogP contribution in [0.4, 0.5) is 10.3 Å². The van der Waals surface area contributed by atoms with E-state index in [0.29, 0.717) is 5.95 Å². The van der Waals surface area contributed by atoms with E-state index in [9.17, 15) is 4.39 Å². The van der Waals surface area contributed by atoms with E-state index in [1.807, 2.05) is 52.6 Å². The number of ether oxygens (including phenoxy) is 1. The van der Waals surface area contributed by atoms with Gasteiger partial charge in [-0.05, 0) is 72.0 Å². The number of methoxy groups -OCH3 is 1. The zero-order valence-corrected chi connectivity index (χ0v) is 19.5. The molecule has 0 bridgehead atoms. The van der Waals surface area contributed by atoms with Crippen LogP contribution in [0.15, 0.2) is 64.9 Å². The van der Waals surface area contributed by atoms with Crippen molar-refractivity contribution in [3.05, 3.63) is 71.4 Å². The molecule has 0 radical (unpaired) electrons. The lowest BCUT2D eigenvalue weighted by Crippen LogP contribution is -2.05. The Hall–Kier alpha value is -2.49. The summed E-state index contributed by atoms with van der Waals surface area (Å²) in [6.45, 7) is 0. The van der Waals surface area contributed by atoms with Crippen LogP contribution < -0.4 is 9.46 Å². The van der Waals surface area contributed by atoms with Gasteiger partial charge in [-0.3, -0.25) is 9.29 Å². The summed E-state index contributed by atoms with van der Waals surface area (Å²) in [7, 11) is 1.66. The zero-order valence-electron chi connectivity index (χ0n) is 17.0. The van der Waals surface area contributed by atoms with Gasteiger partial charge in [-0.15, -0.1) is 33.3 Å². The molecular weight excluding hydrogens is 451 g/mol. The van der Waals surface area contributed by atoms with Crippen molar-refractivity contribution in [1.82, 2.24) is 14.8 Å². The molecule has 4 aromatic rings. The molecule has 2 heterocycles. The second kappa shape index (κ2) is 10.2. The van der Waals surface area contributed by atoms with Crippen molar-refractivity contribution in [1.29, 1.82) is 0 Å². The fraction of sp³-hybridized carbons (Fsp3) is 0.182. The molecule has 0 saturated carbocycles. The predicted octanol–water partition coefficient (Wildman–Crippen LogP) is 6.17. The van der Waals surface area contributed by atoms with Crippen LogP contribution in [-0.4, -0.2) is 33.9 Å². The van der Waals surface area contributed by atoms with Crippen LogP contribution in [0.3, 0.4) is 0 Å². The number of halogens is 1. The van der Waals surface area contributed by atoms with E-state index in [2.05, 4.69) is 21.0 Å². The maximum Gasteiger partial charge on any atom is 0.239 e. The summed E-state index contributed by atoms with van der Waals surface area (Å²) in [5, 5.41) is 10.9. The Bertz CT molecular complexity index is 1130. The second-order valence-corrected chi connectivity index (χ2v) is 9.25. The smallest absolute Gasteiger partial charge is 0.239 e. The molecule has 5 nitrogen and oxygen atoms in total.